The fourth-order valence-electron chi connectivity index (χ4n) is 4.92. The minimum Gasteiger partial charge on any atom is -0.384 e. The number of rotatable bonds is 5. The molecule has 27 heavy (non-hydrogen) atoms. The van der Waals surface area contributed by atoms with Crippen LogP contribution in [0.2, 0.25) is 0 Å². The maximum atomic E-state index is 5.34. The summed E-state index contributed by atoms with van der Waals surface area (Å²) in [5.74, 6) is 1.68. The summed E-state index contributed by atoms with van der Waals surface area (Å²) >= 11 is 0. The van der Waals surface area contributed by atoms with Crippen LogP contribution in [0.3, 0.4) is 0 Å². The molecule has 2 fully saturated rings. The first kappa shape index (κ1) is 22.5. The van der Waals surface area contributed by atoms with Crippen LogP contribution in [-0.2, 0) is 10.2 Å². The second kappa shape index (κ2) is 10.6. The van der Waals surface area contributed by atoms with Gasteiger partial charge in [0.25, 0.3) is 0 Å². The normalized spacial score (nSPS) is 22.4. The van der Waals surface area contributed by atoms with E-state index in [1.165, 1.54) is 49.7 Å². The van der Waals surface area contributed by atoms with Crippen molar-refractivity contribution in [3.63, 3.8) is 0 Å². The number of nitrogens with one attached hydrogen (secondary N) is 1. The van der Waals surface area contributed by atoms with E-state index in [4.69, 9.17) is 4.74 Å². The third-order valence-electron chi connectivity index (χ3n) is 6.31. The molecule has 1 saturated carbocycles. The molecule has 4 nitrogen and oxygen atoms in total. The molecule has 0 bridgehead atoms. The Morgan fingerprint density at radius 3 is 2.67 bits per heavy atom. The maximum absolute atomic E-state index is 5.34. The van der Waals surface area contributed by atoms with E-state index in [0.29, 0.717) is 5.92 Å². The smallest absolute Gasteiger partial charge is 0.193 e. The predicted octanol–water partition coefficient (Wildman–Crippen LogP) is 4.36. The number of likely N-dealkylation sites (tertiary alicyclic amines) is 1. The quantitative estimate of drug-likeness (QED) is 0.383. The molecule has 0 aromatic heterocycles. The van der Waals surface area contributed by atoms with E-state index >= 15 is 0 Å². The van der Waals surface area contributed by atoms with Gasteiger partial charge in [-0.15, -0.1) is 24.0 Å². The molecular weight excluding hydrogens is 449 g/mol. The molecule has 2 aliphatic rings. The molecule has 1 aliphatic carbocycles. The van der Waals surface area contributed by atoms with Gasteiger partial charge in [-0.1, -0.05) is 43.5 Å². The van der Waals surface area contributed by atoms with Crippen molar-refractivity contribution in [2.24, 2.45) is 10.9 Å². The van der Waals surface area contributed by atoms with E-state index in [9.17, 15) is 0 Å². The minimum atomic E-state index is 0. The second-order valence-corrected chi connectivity index (χ2v) is 8.11. The van der Waals surface area contributed by atoms with Crippen LogP contribution in [0.5, 0.6) is 0 Å². The van der Waals surface area contributed by atoms with Crippen molar-refractivity contribution in [1.29, 1.82) is 0 Å². The summed E-state index contributed by atoms with van der Waals surface area (Å²) in [5.41, 5.74) is 3.19. The lowest BCUT2D eigenvalue weighted by molar-refractivity contribution is 0.157. The van der Waals surface area contributed by atoms with Gasteiger partial charge >= 0.3 is 0 Å². The first-order valence-corrected chi connectivity index (χ1v) is 10.2. The summed E-state index contributed by atoms with van der Waals surface area (Å²) < 4.78 is 5.34. The van der Waals surface area contributed by atoms with Crippen LogP contribution in [0.4, 0.5) is 0 Å². The Morgan fingerprint density at radius 2 is 2.00 bits per heavy atom. The zero-order valence-corrected chi connectivity index (χ0v) is 19.5. The van der Waals surface area contributed by atoms with Crippen molar-refractivity contribution in [2.75, 3.05) is 40.4 Å². The van der Waals surface area contributed by atoms with Gasteiger partial charge in [0.15, 0.2) is 5.96 Å². The predicted molar refractivity (Wildman–Crippen MR) is 124 cm³/mol. The lowest BCUT2D eigenvalue weighted by atomic mass is 9.68. The molecule has 5 heteroatoms. The van der Waals surface area contributed by atoms with Crippen LogP contribution in [-0.4, -0.2) is 51.3 Å². The Kier molecular flexibility index (Phi) is 8.86. The highest BCUT2D eigenvalue weighted by molar-refractivity contribution is 14.0. The molecular formula is C22H36IN3O. The third-order valence-corrected chi connectivity index (χ3v) is 6.31. The molecule has 0 radical (unpaired) electrons. The summed E-state index contributed by atoms with van der Waals surface area (Å²) in [6, 6.07) is 8.96. The summed E-state index contributed by atoms with van der Waals surface area (Å²) in [5, 5.41) is 3.75. The Labute approximate surface area is 182 Å². The summed E-state index contributed by atoms with van der Waals surface area (Å²) in [6.07, 6.45) is 7.76. The van der Waals surface area contributed by atoms with E-state index in [1.807, 2.05) is 7.05 Å². The van der Waals surface area contributed by atoms with Crippen LogP contribution in [0.15, 0.2) is 29.3 Å². The molecule has 1 saturated heterocycles. The highest BCUT2D eigenvalue weighted by Crippen LogP contribution is 2.40. The van der Waals surface area contributed by atoms with Crippen LogP contribution < -0.4 is 5.32 Å². The first-order chi connectivity index (χ1) is 12.7. The molecule has 1 heterocycles. The van der Waals surface area contributed by atoms with Crippen molar-refractivity contribution in [1.82, 2.24) is 10.2 Å². The van der Waals surface area contributed by atoms with Gasteiger partial charge in [-0.05, 0) is 37.3 Å². The highest BCUT2D eigenvalue weighted by Gasteiger charge is 2.35. The molecule has 152 valence electrons. The van der Waals surface area contributed by atoms with E-state index < -0.39 is 0 Å². The zero-order chi connectivity index (χ0) is 18.4. The topological polar surface area (TPSA) is 36.9 Å². The van der Waals surface area contributed by atoms with E-state index in [-0.39, 0.29) is 29.4 Å². The summed E-state index contributed by atoms with van der Waals surface area (Å²) in [7, 11) is 3.71. The van der Waals surface area contributed by atoms with E-state index in [0.717, 1.165) is 32.2 Å². The standard InChI is InChI=1S/C22H35N3O.HI/c1-18-9-5-6-10-20(18)22(12-7-4-8-13-22)17-24-21(23-2)25-14-11-19(15-25)16-26-3;/h5-6,9-10,19H,4,7-8,11-17H2,1-3H3,(H,23,24);1H. The number of halogens is 1. The molecule has 1 aromatic rings. The highest BCUT2D eigenvalue weighted by atomic mass is 127. The maximum Gasteiger partial charge on any atom is 0.193 e. The number of ether oxygens (including phenoxy) is 1. The SMILES string of the molecule is CN=C(NCC1(c2ccccc2C)CCCCC1)N1CCC(COC)C1.I. The van der Waals surface area contributed by atoms with Crippen molar-refractivity contribution in [3.8, 4) is 0 Å². The van der Waals surface area contributed by atoms with Crippen molar-refractivity contribution < 1.29 is 4.74 Å². The fourth-order valence-corrected chi connectivity index (χ4v) is 4.92. The molecule has 3 rings (SSSR count). The monoisotopic (exact) mass is 485 g/mol. The van der Waals surface area contributed by atoms with Crippen LogP contribution in [0, 0.1) is 12.8 Å². The van der Waals surface area contributed by atoms with Crippen molar-refractivity contribution >= 4 is 29.9 Å². The number of hydrogen-bond donors (Lipinski definition) is 1. The number of methoxy groups -OCH3 is 1. The largest absolute Gasteiger partial charge is 0.384 e. The van der Waals surface area contributed by atoms with Gasteiger partial charge in [-0.2, -0.15) is 0 Å². The second-order valence-electron chi connectivity index (χ2n) is 8.11. The third kappa shape index (κ3) is 5.37. The molecule has 1 aromatic carbocycles. The lowest BCUT2D eigenvalue weighted by Crippen LogP contribution is -2.48. The Bertz CT molecular complexity index is 613. The zero-order valence-electron chi connectivity index (χ0n) is 17.2. The molecule has 0 amide bonds. The number of benzene rings is 1. The Hall–Kier alpha value is -0.820. The van der Waals surface area contributed by atoms with Gasteiger partial charge in [-0.25, -0.2) is 0 Å². The van der Waals surface area contributed by atoms with Gasteiger partial charge in [-0.3, -0.25) is 4.99 Å². The molecule has 0 spiro atoms. The molecule has 1 atom stereocenters. The van der Waals surface area contributed by atoms with Gasteiger partial charge in [0.05, 0.1) is 6.61 Å². The average molecular weight is 485 g/mol. The van der Waals surface area contributed by atoms with Crippen LogP contribution in [0.25, 0.3) is 0 Å². The van der Waals surface area contributed by atoms with Crippen LogP contribution in [0.1, 0.15) is 49.7 Å². The summed E-state index contributed by atoms with van der Waals surface area (Å²) in [6.45, 7) is 6.21. The van der Waals surface area contributed by atoms with Gasteiger partial charge in [0, 0.05) is 45.1 Å². The fraction of sp³-hybridized carbons (Fsp3) is 0.682. The number of guanidine groups is 1. The minimum absolute atomic E-state index is 0. The number of hydrogen-bond acceptors (Lipinski definition) is 2. The number of aryl methyl sites for hydroxylation is 1. The van der Waals surface area contributed by atoms with Crippen LogP contribution >= 0.6 is 24.0 Å². The van der Waals surface area contributed by atoms with Crippen molar-refractivity contribution in [3.05, 3.63) is 35.4 Å². The van der Waals surface area contributed by atoms with Gasteiger partial charge < -0.3 is 15.0 Å². The Morgan fingerprint density at radius 1 is 1.26 bits per heavy atom. The lowest BCUT2D eigenvalue weighted by Gasteiger charge is -2.40. The molecule has 1 aliphatic heterocycles. The van der Waals surface area contributed by atoms with Crippen molar-refractivity contribution in [2.45, 2.75) is 50.9 Å². The number of nitrogens with zero attached hydrogens (tertiary/aromatic N) is 2. The van der Waals surface area contributed by atoms with Gasteiger partial charge in [0.2, 0.25) is 0 Å². The average Bonchev–Trinajstić information content (AvgIpc) is 3.12. The molecule has 1 N–H and O–H groups in total. The number of aliphatic imine (C=N–C) groups is 1. The van der Waals surface area contributed by atoms with E-state index in [1.54, 1.807) is 7.11 Å². The Balaban J connectivity index is 0.00000261. The summed E-state index contributed by atoms with van der Waals surface area (Å²) in [4.78, 5) is 6.99. The first-order valence-electron chi connectivity index (χ1n) is 10.2. The van der Waals surface area contributed by atoms with Gasteiger partial charge in [0.1, 0.15) is 0 Å². The molecule has 1 unspecified atom stereocenters. The van der Waals surface area contributed by atoms with E-state index in [2.05, 4.69) is 46.4 Å².